The lowest BCUT2D eigenvalue weighted by molar-refractivity contribution is -0.154. The third-order valence-electron chi connectivity index (χ3n) is 4.98. The van der Waals surface area contributed by atoms with Crippen LogP contribution >= 0.6 is 0 Å². The standard InChI is InChI=1S/C19H26N4O4/c1-11-14(24)21-12-9-7-8-10-13(12)22-16(26)19(4,5)23(6)17(27)18(2,3)15(25)20-11/h7-11H,1-6H3,(H,20,25)(H,21,24)(H,22,26)/t11-/m0/s1. The van der Waals surface area contributed by atoms with Gasteiger partial charge in [0.2, 0.25) is 23.6 Å². The number of fused-ring (bicyclic) bond motifs is 1. The first-order valence-corrected chi connectivity index (χ1v) is 8.69. The molecule has 0 aliphatic carbocycles. The number of carbonyl (C=O) groups is 4. The summed E-state index contributed by atoms with van der Waals surface area (Å²) in [7, 11) is 1.48. The second-order valence-corrected chi connectivity index (χ2v) is 7.73. The van der Waals surface area contributed by atoms with Gasteiger partial charge in [0.05, 0.1) is 11.4 Å². The Morgan fingerprint density at radius 1 is 0.889 bits per heavy atom. The van der Waals surface area contributed by atoms with E-state index >= 15 is 0 Å². The second-order valence-electron chi connectivity index (χ2n) is 7.73. The fourth-order valence-corrected chi connectivity index (χ4v) is 2.58. The summed E-state index contributed by atoms with van der Waals surface area (Å²) in [5.74, 6) is -2.02. The van der Waals surface area contributed by atoms with Gasteiger partial charge in [0, 0.05) is 7.05 Å². The van der Waals surface area contributed by atoms with E-state index in [-0.39, 0.29) is 0 Å². The summed E-state index contributed by atoms with van der Waals surface area (Å²) >= 11 is 0. The predicted octanol–water partition coefficient (Wildman–Crippen LogP) is 1.35. The minimum atomic E-state index is -1.46. The molecule has 0 bridgehead atoms. The summed E-state index contributed by atoms with van der Waals surface area (Å²) in [6, 6.07) is 5.87. The molecule has 1 aromatic rings. The number of hydrogen-bond donors (Lipinski definition) is 3. The molecule has 4 amide bonds. The van der Waals surface area contributed by atoms with E-state index in [1.54, 1.807) is 38.1 Å². The van der Waals surface area contributed by atoms with Crippen molar-refractivity contribution in [2.75, 3.05) is 17.7 Å². The largest absolute Gasteiger partial charge is 0.344 e. The Labute approximate surface area is 158 Å². The molecule has 8 nitrogen and oxygen atoms in total. The Bertz CT molecular complexity index is 801. The normalized spacial score (nSPS) is 23.0. The summed E-state index contributed by atoms with van der Waals surface area (Å²) < 4.78 is 0. The quantitative estimate of drug-likeness (QED) is 0.596. The third-order valence-corrected chi connectivity index (χ3v) is 4.98. The van der Waals surface area contributed by atoms with E-state index in [0.717, 1.165) is 0 Å². The highest BCUT2D eigenvalue weighted by Gasteiger charge is 2.45. The van der Waals surface area contributed by atoms with Gasteiger partial charge in [0.15, 0.2) is 0 Å². The maximum Gasteiger partial charge on any atom is 0.249 e. The number of amides is 4. The number of anilines is 2. The van der Waals surface area contributed by atoms with Gasteiger partial charge < -0.3 is 20.9 Å². The molecular weight excluding hydrogens is 348 g/mol. The van der Waals surface area contributed by atoms with Crippen molar-refractivity contribution in [3.05, 3.63) is 24.3 Å². The molecule has 0 spiro atoms. The number of benzene rings is 1. The monoisotopic (exact) mass is 374 g/mol. The Morgan fingerprint density at radius 2 is 1.41 bits per heavy atom. The first-order chi connectivity index (χ1) is 12.4. The molecule has 1 heterocycles. The lowest BCUT2D eigenvalue weighted by Gasteiger charge is -2.38. The van der Waals surface area contributed by atoms with Gasteiger partial charge >= 0.3 is 0 Å². The molecule has 0 fully saturated rings. The van der Waals surface area contributed by atoms with E-state index in [0.29, 0.717) is 11.4 Å². The van der Waals surface area contributed by atoms with Crippen LogP contribution in [0, 0.1) is 5.41 Å². The van der Waals surface area contributed by atoms with Crippen LogP contribution in [0.15, 0.2) is 24.3 Å². The van der Waals surface area contributed by atoms with Crippen molar-refractivity contribution in [1.29, 1.82) is 0 Å². The van der Waals surface area contributed by atoms with Crippen molar-refractivity contribution in [2.24, 2.45) is 5.41 Å². The van der Waals surface area contributed by atoms with Crippen LogP contribution in [0.3, 0.4) is 0 Å². The van der Waals surface area contributed by atoms with E-state index in [9.17, 15) is 19.2 Å². The molecule has 8 heteroatoms. The summed E-state index contributed by atoms with van der Waals surface area (Å²) in [4.78, 5) is 52.2. The van der Waals surface area contributed by atoms with E-state index < -0.39 is 40.6 Å². The van der Waals surface area contributed by atoms with Crippen molar-refractivity contribution in [2.45, 2.75) is 46.2 Å². The van der Waals surface area contributed by atoms with Gasteiger partial charge in [-0.1, -0.05) is 12.1 Å². The van der Waals surface area contributed by atoms with Crippen molar-refractivity contribution in [1.82, 2.24) is 10.2 Å². The predicted molar refractivity (Wildman–Crippen MR) is 102 cm³/mol. The highest BCUT2D eigenvalue weighted by Crippen LogP contribution is 2.28. The summed E-state index contributed by atoms with van der Waals surface area (Å²) in [6.07, 6.45) is 0. The SMILES string of the molecule is C[C@@H]1NC(=O)C(C)(C)C(=O)N(C)C(C)(C)C(=O)Nc2ccccc2NC1=O. The average molecular weight is 374 g/mol. The number of nitrogens with one attached hydrogen (secondary N) is 3. The molecule has 0 radical (unpaired) electrons. The average Bonchev–Trinajstić information content (AvgIpc) is 2.60. The zero-order valence-electron chi connectivity index (χ0n) is 16.5. The smallest absolute Gasteiger partial charge is 0.249 e. The summed E-state index contributed by atoms with van der Waals surface area (Å²) in [5.41, 5.74) is -1.88. The lowest BCUT2D eigenvalue weighted by Crippen LogP contribution is -2.59. The highest BCUT2D eigenvalue weighted by molar-refractivity contribution is 6.10. The molecule has 0 saturated heterocycles. The van der Waals surface area contributed by atoms with Crippen LogP contribution in [-0.2, 0) is 19.2 Å². The van der Waals surface area contributed by atoms with Gasteiger partial charge in [-0.15, -0.1) is 0 Å². The maximum atomic E-state index is 13.0. The topological polar surface area (TPSA) is 108 Å². The van der Waals surface area contributed by atoms with Crippen molar-refractivity contribution in [3.8, 4) is 0 Å². The van der Waals surface area contributed by atoms with E-state index in [2.05, 4.69) is 16.0 Å². The van der Waals surface area contributed by atoms with Crippen LogP contribution in [-0.4, -0.2) is 47.2 Å². The van der Waals surface area contributed by atoms with Gasteiger partial charge in [-0.3, -0.25) is 19.2 Å². The zero-order chi connectivity index (χ0) is 20.6. The number of hydrogen-bond acceptors (Lipinski definition) is 4. The fourth-order valence-electron chi connectivity index (χ4n) is 2.58. The van der Waals surface area contributed by atoms with Crippen molar-refractivity contribution >= 4 is 35.0 Å². The van der Waals surface area contributed by atoms with Gasteiger partial charge in [-0.25, -0.2) is 0 Å². The molecule has 3 N–H and O–H groups in total. The Balaban J connectivity index is 2.55. The van der Waals surface area contributed by atoms with Gasteiger partial charge in [0.25, 0.3) is 0 Å². The molecule has 1 atom stereocenters. The summed E-state index contributed by atoms with van der Waals surface area (Å²) in [5, 5.41) is 8.04. The molecular formula is C19H26N4O4. The maximum absolute atomic E-state index is 13.0. The van der Waals surface area contributed by atoms with Gasteiger partial charge in [0.1, 0.15) is 17.0 Å². The van der Waals surface area contributed by atoms with E-state index in [4.69, 9.17) is 0 Å². The third kappa shape index (κ3) is 3.79. The molecule has 1 aliphatic heterocycles. The number of nitrogens with zero attached hydrogens (tertiary/aromatic N) is 1. The molecule has 2 rings (SSSR count). The van der Waals surface area contributed by atoms with Gasteiger partial charge in [-0.05, 0) is 46.8 Å². The van der Waals surface area contributed by atoms with Crippen LogP contribution in [0.25, 0.3) is 0 Å². The minimum Gasteiger partial charge on any atom is -0.344 e. The fraction of sp³-hybridized carbons (Fsp3) is 0.474. The van der Waals surface area contributed by atoms with Crippen LogP contribution in [0.1, 0.15) is 34.6 Å². The molecule has 1 aromatic carbocycles. The number of carbonyl (C=O) groups excluding carboxylic acids is 4. The molecule has 0 aromatic heterocycles. The molecule has 146 valence electrons. The van der Waals surface area contributed by atoms with Crippen LogP contribution in [0.2, 0.25) is 0 Å². The Kier molecular flexibility index (Phi) is 5.30. The van der Waals surface area contributed by atoms with Crippen LogP contribution in [0.5, 0.6) is 0 Å². The number of likely N-dealkylation sites (N-methyl/N-ethyl adjacent to an activating group) is 1. The number of para-hydroxylation sites is 2. The molecule has 0 unspecified atom stereocenters. The lowest BCUT2D eigenvalue weighted by atomic mass is 9.87. The van der Waals surface area contributed by atoms with Gasteiger partial charge in [-0.2, -0.15) is 0 Å². The second kappa shape index (κ2) is 7.02. The summed E-state index contributed by atoms with van der Waals surface area (Å²) in [6.45, 7) is 7.65. The first-order valence-electron chi connectivity index (χ1n) is 8.69. The van der Waals surface area contributed by atoms with Crippen LogP contribution < -0.4 is 16.0 Å². The molecule has 27 heavy (non-hydrogen) atoms. The van der Waals surface area contributed by atoms with Crippen molar-refractivity contribution in [3.63, 3.8) is 0 Å². The zero-order valence-corrected chi connectivity index (χ0v) is 16.5. The van der Waals surface area contributed by atoms with Crippen molar-refractivity contribution < 1.29 is 19.2 Å². The van der Waals surface area contributed by atoms with E-state index in [1.165, 1.54) is 32.7 Å². The molecule has 1 aliphatic rings. The first kappa shape index (κ1) is 20.4. The van der Waals surface area contributed by atoms with E-state index in [1.807, 2.05) is 0 Å². The van der Waals surface area contributed by atoms with Crippen LogP contribution in [0.4, 0.5) is 11.4 Å². The highest BCUT2D eigenvalue weighted by atomic mass is 16.2. The molecule has 0 saturated carbocycles. The minimum absolute atomic E-state index is 0.403. The Hall–Kier alpha value is -2.90. The Morgan fingerprint density at radius 3 is 1.96 bits per heavy atom. The number of rotatable bonds is 0.